The molecule has 1 N–H and O–H groups in total. The zero-order valence-corrected chi connectivity index (χ0v) is 18.2. The first-order valence-corrected chi connectivity index (χ1v) is 10.0. The van der Waals surface area contributed by atoms with E-state index in [1.165, 1.54) is 0 Å². The van der Waals surface area contributed by atoms with Gasteiger partial charge in [-0.15, -0.1) is 10.2 Å². The molecule has 0 spiro atoms. The average molecular weight is 537 g/mol. The summed E-state index contributed by atoms with van der Waals surface area (Å²) in [6.07, 6.45) is 0. The number of rotatable bonds is 4. The zero-order valence-electron chi connectivity index (χ0n) is 13.4. The Bertz CT molecular complexity index is 919. The molecule has 0 saturated heterocycles. The van der Waals surface area contributed by atoms with Crippen LogP contribution in [0.4, 0.5) is 11.4 Å². The Morgan fingerprint density at radius 3 is 1.96 bits per heavy atom. The number of nitrogens with one attached hydrogen (secondary N) is 1. The van der Waals surface area contributed by atoms with Gasteiger partial charge in [0, 0.05) is 19.0 Å². The van der Waals surface area contributed by atoms with E-state index < -0.39 is 0 Å². The lowest BCUT2D eigenvalue weighted by Crippen LogP contribution is -2.01. The molecule has 0 aliphatic heterocycles. The minimum Gasteiger partial charge on any atom is -0.276 e. The second-order valence-corrected chi connectivity index (χ2v) is 7.70. The Kier molecular flexibility index (Phi) is 6.71. The molecule has 0 aromatic heterocycles. The maximum absolute atomic E-state index is 4.44. The maximum Gasteiger partial charge on any atom is 0.201 e. The number of nitrogens with zero attached hydrogens (tertiary/aromatic N) is 3. The van der Waals surface area contributed by atoms with Gasteiger partial charge in [0.15, 0.2) is 0 Å². The van der Waals surface area contributed by atoms with Crippen molar-refractivity contribution in [1.82, 2.24) is 0 Å². The monoisotopic (exact) mass is 534 g/mol. The minimum absolute atomic E-state index is 0.490. The van der Waals surface area contributed by atoms with Crippen molar-refractivity contribution in [3.05, 3.63) is 91.8 Å². The van der Waals surface area contributed by atoms with Crippen molar-refractivity contribution < 1.29 is 0 Å². The SMILES string of the molecule is Brc1cc(N/N=C(/N=Nc2ccccc2)c2ccccc2)cc(Br)c1Br. The lowest BCUT2D eigenvalue weighted by atomic mass is 10.2. The van der Waals surface area contributed by atoms with Crippen LogP contribution in [0.1, 0.15) is 5.56 Å². The van der Waals surface area contributed by atoms with Crippen LogP contribution in [-0.4, -0.2) is 5.84 Å². The number of hydrogen-bond acceptors (Lipinski definition) is 3. The van der Waals surface area contributed by atoms with Crippen LogP contribution in [0.2, 0.25) is 0 Å². The second kappa shape index (κ2) is 9.21. The third-order valence-corrected chi connectivity index (χ3v) is 6.49. The first kappa shape index (κ1) is 18.9. The summed E-state index contributed by atoms with van der Waals surface area (Å²) in [4.78, 5) is 0. The van der Waals surface area contributed by atoms with E-state index in [1.807, 2.05) is 72.8 Å². The van der Waals surface area contributed by atoms with Crippen molar-refractivity contribution in [3.8, 4) is 0 Å². The van der Waals surface area contributed by atoms with E-state index in [9.17, 15) is 0 Å². The second-order valence-electron chi connectivity index (χ2n) is 5.20. The van der Waals surface area contributed by atoms with Gasteiger partial charge < -0.3 is 0 Å². The first-order valence-electron chi connectivity index (χ1n) is 7.64. The summed E-state index contributed by atoms with van der Waals surface area (Å²) in [5.74, 6) is 0.490. The van der Waals surface area contributed by atoms with Gasteiger partial charge in [-0.25, -0.2) is 0 Å². The number of azo groups is 1. The van der Waals surface area contributed by atoms with Gasteiger partial charge in [0.25, 0.3) is 0 Å². The van der Waals surface area contributed by atoms with Crippen molar-refractivity contribution in [2.24, 2.45) is 15.3 Å². The number of benzene rings is 3. The van der Waals surface area contributed by atoms with Gasteiger partial charge in [-0.05, 0) is 72.1 Å². The van der Waals surface area contributed by atoms with Crippen LogP contribution in [0.15, 0.2) is 102 Å². The third kappa shape index (κ3) is 5.09. The van der Waals surface area contributed by atoms with E-state index in [0.717, 1.165) is 30.4 Å². The first-order chi connectivity index (χ1) is 12.6. The van der Waals surface area contributed by atoms with Gasteiger partial charge in [-0.2, -0.15) is 5.10 Å². The van der Waals surface area contributed by atoms with E-state index in [0.29, 0.717) is 5.84 Å². The van der Waals surface area contributed by atoms with Crippen molar-refractivity contribution in [3.63, 3.8) is 0 Å². The molecule has 3 rings (SSSR count). The van der Waals surface area contributed by atoms with Crippen molar-refractivity contribution in [1.29, 1.82) is 0 Å². The predicted molar refractivity (Wildman–Crippen MR) is 117 cm³/mol. The molecule has 0 aliphatic rings. The largest absolute Gasteiger partial charge is 0.276 e. The molecule has 26 heavy (non-hydrogen) atoms. The van der Waals surface area contributed by atoms with Crippen LogP contribution >= 0.6 is 47.8 Å². The van der Waals surface area contributed by atoms with E-state index in [2.05, 4.69) is 68.5 Å². The molecule has 0 radical (unpaired) electrons. The Morgan fingerprint density at radius 1 is 0.769 bits per heavy atom. The number of halogens is 3. The molecule has 3 aromatic rings. The lowest BCUT2D eigenvalue weighted by molar-refractivity contribution is 1.22. The van der Waals surface area contributed by atoms with Gasteiger partial charge in [-0.3, -0.25) is 5.43 Å². The average Bonchev–Trinajstić information content (AvgIpc) is 2.67. The smallest absolute Gasteiger partial charge is 0.201 e. The summed E-state index contributed by atoms with van der Waals surface area (Å²) in [5.41, 5.74) is 5.50. The molecule has 130 valence electrons. The molecular weight excluding hydrogens is 524 g/mol. The molecule has 0 amide bonds. The fourth-order valence-corrected chi connectivity index (χ4v) is 3.48. The molecular formula is C19H13Br3N4. The summed E-state index contributed by atoms with van der Waals surface area (Å²) >= 11 is 10.5. The molecule has 0 saturated carbocycles. The van der Waals surface area contributed by atoms with E-state index in [4.69, 9.17) is 0 Å². The molecule has 4 nitrogen and oxygen atoms in total. The van der Waals surface area contributed by atoms with Crippen LogP contribution in [0.25, 0.3) is 0 Å². The highest BCUT2D eigenvalue weighted by atomic mass is 79.9. The van der Waals surface area contributed by atoms with Gasteiger partial charge in [-0.1, -0.05) is 48.5 Å². The van der Waals surface area contributed by atoms with Crippen molar-refractivity contribution in [2.75, 3.05) is 5.43 Å². The number of hydrogen-bond donors (Lipinski definition) is 1. The molecule has 0 heterocycles. The molecule has 7 heteroatoms. The fraction of sp³-hybridized carbons (Fsp3) is 0. The Hall–Kier alpha value is -1.83. The summed E-state index contributed by atoms with van der Waals surface area (Å²) in [5, 5.41) is 13.0. The maximum atomic E-state index is 4.44. The van der Waals surface area contributed by atoms with E-state index >= 15 is 0 Å². The van der Waals surface area contributed by atoms with Crippen LogP contribution in [0.3, 0.4) is 0 Å². The van der Waals surface area contributed by atoms with Gasteiger partial charge in [0.1, 0.15) is 0 Å². The number of amidine groups is 1. The highest BCUT2D eigenvalue weighted by Crippen LogP contribution is 2.34. The highest BCUT2D eigenvalue weighted by Gasteiger charge is 2.06. The molecule has 0 aliphatic carbocycles. The normalized spacial score (nSPS) is 11.7. The summed E-state index contributed by atoms with van der Waals surface area (Å²) in [6, 6.07) is 23.1. The molecule has 0 bridgehead atoms. The summed E-state index contributed by atoms with van der Waals surface area (Å²) in [7, 11) is 0. The minimum atomic E-state index is 0.490. The van der Waals surface area contributed by atoms with Gasteiger partial charge in [0.05, 0.1) is 11.4 Å². The van der Waals surface area contributed by atoms with Crippen molar-refractivity contribution >= 4 is 65.0 Å². The Morgan fingerprint density at radius 2 is 1.35 bits per heavy atom. The molecule has 0 unspecified atom stereocenters. The van der Waals surface area contributed by atoms with Crippen LogP contribution < -0.4 is 5.43 Å². The van der Waals surface area contributed by atoms with Gasteiger partial charge in [0.2, 0.25) is 5.84 Å². The molecule has 0 fully saturated rings. The van der Waals surface area contributed by atoms with E-state index in [1.54, 1.807) is 0 Å². The summed E-state index contributed by atoms with van der Waals surface area (Å²) < 4.78 is 2.77. The topological polar surface area (TPSA) is 49.1 Å². The third-order valence-electron chi connectivity index (χ3n) is 3.32. The Labute approximate surface area is 176 Å². The van der Waals surface area contributed by atoms with Crippen LogP contribution in [-0.2, 0) is 0 Å². The van der Waals surface area contributed by atoms with E-state index in [-0.39, 0.29) is 0 Å². The summed E-state index contributed by atoms with van der Waals surface area (Å²) in [6.45, 7) is 0. The van der Waals surface area contributed by atoms with Crippen LogP contribution in [0, 0.1) is 0 Å². The standard InChI is InChI=1S/C19H13Br3N4/c20-16-11-15(12-17(21)18(16)22)24-26-19(13-7-3-1-4-8-13)25-23-14-9-5-2-6-10-14/h1-12,24H/b25-23?,26-19+. The Balaban J connectivity index is 1.90. The van der Waals surface area contributed by atoms with Crippen LogP contribution in [0.5, 0.6) is 0 Å². The molecule has 0 atom stereocenters. The van der Waals surface area contributed by atoms with Gasteiger partial charge >= 0.3 is 0 Å². The number of anilines is 1. The zero-order chi connectivity index (χ0) is 18.4. The fourth-order valence-electron chi connectivity index (χ4n) is 2.07. The quantitative estimate of drug-likeness (QED) is 0.121. The van der Waals surface area contributed by atoms with Crippen molar-refractivity contribution in [2.45, 2.75) is 0 Å². The highest BCUT2D eigenvalue weighted by molar-refractivity contribution is 9.14. The lowest BCUT2D eigenvalue weighted by Gasteiger charge is -2.06. The molecule has 3 aromatic carbocycles. The number of hydrazone groups is 1. The predicted octanol–water partition coefficient (Wildman–Crippen LogP) is 7.53.